The molecule has 1 amide bonds. The number of nitrogens with one attached hydrogen (secondary N) is 1. The van der Waals surface area contributed by atoms with Crippen molar-refractivity contribution in [2.45, 2.75) is 32.5 Å². The van der Waals surface area contributed by atoms with E-state index in [2.05, 4.69) is 5.32 Å². The number of carbonyl (C=O) groups excluding carboxylic acids is 1. The minimum Gasteiger partial charge on any atom is -0.491 e. The minimum absolute atomic E-state index is 0.0646. The third-order valence-electron chi connectivity index (χ3n) is 3.48. The first-order chi connectivity index (χ1) is 11.3. The van der Waals surface area contributed by atoms with Gasteiger partial charge >= 0.3 is 6.18 Å². The van der Waals surface area contributed by atoms with E-state index in [4.69, 9.17) is 4.74 Å². The molecule has 2 aromatic rings. The summed E-state index contributed by atoms with van der Waals surface area (Å²) in [5.74, 6) is 0.157. The Balaban J connectivity index is 2.07. The maximum absolute atomic E-state index is 12.7. The lowest BCUT2D eigenvalue weighted by molar-refractivity contribution is -0.137. The van der Waals surface area contributed by atoms with Gasteiger partial charge in [0.1, 0.15) is 5.75 Å². The molecule has 128 valence electrons. The quantitative estimate of drug-likeness (QED) is 0.821. The molecule has 0 radical (unpaired) electrons. The molecule has 0 saturated heterocycles. The van der Waals surface area contributed by atoms with Gasteiger partial charge in [0.25, 0.3) is 5.91 Å². The Labute approximate surface area is 138 Å². The number of anilines is 1. The summed E-state index contributed by atoms with van der Waals surface area (Å²) in [6.07, 6.45) is -3.53. The van der Waals surface area contributed by atoms with Gasteiger partial charge in [-0.3, -0.25) is 4.79 Å². The zero-order chi connectivity index (χ0) is 17.7. The Morgan fingerprint density at radius 3 is 2.42 bits per heavy atom. The summed E-state index contributed by atoms with van der Waals surface area (Å²) >= 11 is 0. The van der Waals surface area contributed by atoms with E-state index >= 15 is 0 Å². The minimum atomic E-state index is -4.45. The van der Waals surface area contributed by atoms with E-state index in [0.717, 1.165) is 18.6 Å². The smallest absolute Gasteiger partial charge is 0.416 e. The molecular weight excluding hydrogens is 319 g/mol. The molecule has 6 heteroatoms. The van der Waals surface area contributed by atoms with Crippen LogP contribution in [-0.2, 0) is 6.18 Å². The van der Waals surface area contributed by atoms with Crippen molar-refractivity contribution in [3.63, 3.8) is 0 Å². The Hall–Kier alpha value is -2.50. The second-order valence-electron chi connectivity index (χ2n) is 5.39. The van der Waals surface area contributed by atoms with Gasteiger partial charge in [-0.15, -0.1) is 0 Å². The first-order valence-electron chi connectivity index (χ1n) is 7.55. The van der Waals surface area contributed by atoms with Crippen LogP contribution in [0.4, 0.5) is 18.9 Å². The van der Waals surface area contributed by atoms with Crippen molar-refractivity contribution >= 4 is 11.6 Å². The maximum atomic E-state index is 12.7. The molecule has 0 aliphatic carbocycles. The average molecular weight is 337 g/mol. The van der Waals surface area contributed by atoms with Crippen molar-refractivity contribution < 1.29 is 22.7 Å². The molecule has 0 saturated carbocycles. The number of hydrogen-bond donors (Lipinski definition) is 1. The third kappa shape index (κ3) is 4.75. The van der Waals surface area contributed by atoms with E-state index in [1.54, 1.807) is 24.3 Å². The van der Waals surface area contributed by atoms with Crippen LogP contribution in [0.25, 0.3) is 0 Å². The molecular formula is C18H18F3NO2. The lowest BCUT2D eigenvalue weighted by Gasteiger charge is -2.13. The predicted molar refractivity (Wildman–Crippen MR) is 86.2 cm³/mol. The van der Waals surface area contributed by atoms with E-state index in [0.29, 0.717) is 11.3 Å². The number of hydrogen-bond acceptors (Lipinski definition) is 2. The maximum Gasteiger partial charge on any atom is 0.416 e. The molecule has 24 heavy (non-hydrogen) atoms. The topological polar surface area (TPSA) is 38.3 Å². The molecule has 0 aliphatic rings. The van der Waals surface area contributed by atoms with Crippen LogP contribution in [0.2, 0.25) is 0 Å². The average Bonchev–Trinajstić information content (AvgIpc) is 2.54. The summed E-state index contributed by atoms with van der Waals surface area (Å²) in [4.78, 5) is 12.1. The normalized spacial score (nSPS) is 12.5. The van der Waals surface area contributed by atoms with Crippen LogP contribution in [0.15, 0.2) is 48.5 Å². The Morgan fingerprint density at radius 2 is 1.83 bits per heavy atom. The molecule has 0 aliphatic heterocycles. The van der Waals surface area contributed by atoms with Gasteiger partial charge in [-0.25, -0.2) is 0 Å². The monoisotopic (exact) mass is 337 g/mol. The highest BCUT2D eigenvalue weighted by Gasteiger charge is 2.30. The molecule has 1 unspecified atom stereocenters. The highest BCUT2D eigenvalue weighted by molar-refractivity contribution is 6.04. The molecule has 0 bridgehead atoms. The van der Waals surface area contributed by atoms with Crippen LogP contribution in [0.5, 0.6) is 5.75 Å². The largest absolute Gasteiger partial charge is 0.491 e. The fraction of sp³-hybridized carbons (Fsp3) is 0.278. The van der Waals surface area contributed by atoms with E-state index in [9.17, 15) is 18.0 Å². The van der Waals surface area contributed by atoms with Gasteiger partial charge in [0.2, 0.25) is 0 Å². The van der Waals surface area contributed by atoms with Crippen molar-refractivity contribution in [3.8, 4) is 5.75 Å². The molecule has 1 atom stereocenters. The van der Waals surface area contributed by atoms with Crippen LogP contribution < -0.4 is 10.1 Å². The van der Waals surface area contributed by atoms with Gasteiger partial charge in [-0.1, -0.05) is 13.0 Å². The third-order valence-corrected chi connectivity index (χ3v) is 3.48. The molecule has 0 spiro atoms. The number of benzene rings is 2. The first-order valence-corrected chi connectivity index (χ1v) is 7.55. The van der Waals surface area contributed by atoms with Crippen molar-refractivity contribution in [1.82, 2.24) is 0 Å². The van der Waals surface area contributed by atoms with Gasteiger partial charge in [-0.2, -0.15) is 13.2 Å². The molecule has 0 fully saturated rings. The van der Waals surface area contributed by atoms with Gasteiger partial charge in [0.05, 0.1) is 11.7 Å². The molecule has 2 aromatic carbocycles. The summed E-state index contributed by atoms with van der Waals surface area (Å²) in [6.45, 7) is 3.94. The van der Waals surface area contributed by atoms with E-state index in [-0.39, 0.29) is 11.8 Å². The summed E-state index contributed by atoms with van der Waals surface area (Å²) in [7, 11) is 0. The number of rotatable bonds is 5. The highest BCUT2D eigenvalue weighted by atomic mass is 19.4. The van der Waals surface area contributed by atoms with Crippen LogP contribution in [-0.4, -0.2) is 12.0 Å². The fourth-order valence-corrected chi connectivity index (χ4v) is 1.98. The zero-order valence-electron chi connectivity index (χ0n) is 13.4. The molecule has 0 aromatic heterocycles. The number of amides is 1. The Morgan fingerprint density at radius 1 is 1.17 bits per heavy atom. The predicted octanol–water partition coefficient (Wildman–Crippen LogP) is 5.14. The second-order valence-corrected chi connectivity index (χ2v) is 5.39. The lowest BCUT2D eigenvalue weighted by Crippen LogP contribution is -2.13. The second kappa shape index (κ2) is 7.38. The number of carbonyl (C=O) groups is 1. The summed E-state index contributed by atoms with van der Waals surface area (Å²) in [5, 5.41) is 2.46. The van der Waals surface area contributed by atoms with E-state index < -0.39 is 17.6 Å². The van der Waals surface area contributed by atoms with E-state index in [1.165, 1.54) is 12.1 Å². The van der Waals surface area contributed by atoms with Crippen molar-refractivity contribution in [1.29, 1.82) is 0 Å². The zero-order valence-corrected chi connectivity index (χ0v) is 13.4. The molecule has 1 N–H and O–H groups in total. The lowest BCUT2D eigenvalue weighted by atomic mass is 10.1. The van der Waals surface area contributed by atoms with Crippen LogP contribution in [0, 0.1) is 0 Å². The van der Waals surface area contributed by atoms with Crippen LogP contribution in [0.1, 0.15) is 36.2 Å². The number of halogens is 3. The SMILES string of the molecule is CCC(C)Oc1ccc(C(=O)Nc2cccc(C(F)(F)F)c2)cc1. The summed E-state index contributed by atoms with van der Waals surface area (Å²) in [6, 6.07) is 11.0. The van der Waals surface area contributed by atoms with Crippen molar-refractivity contribution in [3.05, 3.63) is 59.7 Å². The van der Waals surface area contributed by atoms with Gasteiger partial charge < -0.3 is 10.1 Å². The molecule has 2 rings (SSSR count). The standard InChI is InChI=1S/C18H18F3NO2/c1-3-12(2)24-16-9-7-13(8-10-16)17(23)22-15-6-4-5-14(11-15)18(19,20)21/h4-12H,3H2,1-2H3,(H,22,23). The van der Waals surface area contributed by atoms with Crippen molar-refractivity contribution in [2.24, 2.45) is 0 Å². The van der Waals surface area contributed by atoms with Gasteiger partial charge in [-0.05, 0) is 55.8 Å². The first kappa shape index (κ1) is 17.8. The fourth-order valence-electron chi connectivity index (χ4n) is 1.98. The summed E-state index contributed by atoms with van der Waals surface area (Å²) < 4.78 is 43.7. The van der Waals surface area contributed by atoms with Crippen molar-refractivity contribution in [2.75, 3.05) is 5.32 Å². The highest BCUT2D eigenvalue weighted by Crippen LogP contribution is 2.30. The van der Waals surface area contributed by atoms with Gasteiger partial charge in [0, 0.05) is 11.3 Å². The van der Waals surface area contributed by atoms with E-state index in [1.807, 2.05) is 13.8 Å². The number of alkyl halides is 3. The Bertz CT molecular complexity index is 696. The van der Waals surface area contributed by atoms with Crippen LogP contribution in [0.3, 0.4) is 0 Å². The molecule has 0 heterocycles. The summed E-state index contributed by atoms with van der Waals surface area (Å²) in [5.41, 5.74) is -0.378. The van der Waals surface area contributed by atoms with Gasteiger partial charge in [0.15, 0.2) is 0 Å². The van der Waals surface area contributed by atoms with Crippen LogP contribution >= 0.6 is 0 Å². The molecule has 3 nitrogen and oxygen atoms in total. The Kier molecular flexibility index (Phi) is 5.49. The number of ether oxygens (including phenoxy) is 1.